The van der Waals surface area contributed by atoms with Crippen LogP contribution in [0.3, 0.4) is 0 Å². The normalized spacial score (nSPS) is 14.7. The van der Waals surface area contributed by atoms with E-state index in [1.165, 1.54) is 0 Å². The number of nitrogens with zero attached hydrogens (tertiary/aromatic N) is 2. The zero-order chi connectivity index (χ0) is 49.0. The summed E-state index contributed by atoms with van der Waals surface area (Å²) in [5.41, 5.74) is 4.65. The third kappa shape index (κ3) is 11.8. The lowest BCUT2D eigenvalue weighted by Crippen LogP contribution is -2.23. The van der Waals surface area contributed by atoms with Gasteiger partial charge in [0.05, 0.1) is 64.5 Å². The molecule has 1 aliphatic rings. The lowest BCUT2D eigenvalue weighted by Gasteiger charge is -2.28. The second kappa shape index (κ2) is 24.5. The minimum absolute atomic E-state index is 0.000195. The number of ether oxygens (including phenoxy) is 7. The molecule has 0 spiro atoms. The van der Waals surface area contributed by atoms with Crippen LogP contribution in [0.25, 0.3) is 11.1 Å². The number of fused-ring (bicyclic) bond motifs is 1. The van der Waals surface area contributed by atoms with Crippen LogP contribution >= 0.6 is 46.4 Å². The standard InChI is InChI=1S/C54H60Cl4N2O8/c1-9-64-29-13-27-59(5)43-25-19-37(31-45(43)66-11-3)41(35-15-21-39(62-7)22-16-35)33-54(48-47(53(61)68-54)49(55)51(57)52(58)50(48)56)34-42(36-17-23-40(63-8)24-18-36)38-20-26-44(46(32-38)67-12-4)60(6)28-14-30-65-10-2/h15-26,31-34H,9-14,27-30H2,1-8H3. The first-order chi connectivity index (χ1) is 32.8. The summed E-state index contributed by atoms with van der Waals surface area (Å²) in [7, 11) is 7.29. The van der Waals surface area contributed by atoms with Gasteiger partial charge in [-0.2, -0.15) is 0 Å². The maximum absolute atomic E-state index is 14.5. The molecule has 0 aromatic heterocycles. The van der Waals surface area contributed by atoms with E-state index in [1.807, 2.05) is 139 Å². The van der Waals surface area contributed by atoms with Crippen molar-refractivity contribution in [1.82, 2.24) is 0 Å². The fraction of sp³-hybridized carbons (Fsp3) is 0.352. The molecule has 0 radical (unpaired) electrons. The Morgan fingerprint density at radius 1 is 0.574 bits per heavy atom. The minimum Gasteiger partial charge on any atom is -0.497 e. The number of halogens is 4. The van der Waals surface area contributed by atoms with E-state index in [4.69, 9.17) is 79.6 Å². The third-order valence-electron chi connectivity index (χ3n) is 11.6. The summed E-state index contributed by atoms with van der Waals surface area (Å²) in [6.07, 6.45) is 5.44. The van der Waals surface area contributed by atoms with Crippen LogP contribution in [0.1, 0.15) is 78.7 Å². The number of benzene rings is 5. The predicted octanol–water partition coefficient (Wildman–Crippen LogP) is 13.5. The van der Waals surface area contributed by atoms with Gasteiger partial charge in [-0.1, -0.05) is 82.8 Å². The Kier molecular flexibility index (Phi) is 18.8. The Morgan fingerprint density at radius 2 is 0.985 bits per heavy atom. The van der Waals surface area contributed by atoms with Crippen LogP contribution in [0.4, 0.5) is 11.4 Å². The van der Waals surface area contributed by atoms with Crippen LogP contribution < -0.4 is 28.7 Å². The molecule has 0 fully saturated rings. The molecule has 0 saturated heterocycles. The topological polar surface area (TPSA) is 88.2 Å². The summed E-state index contributed by atoms with van der Waals surface area (Å²) in [6.45, 7) is 12.8. The van der Waals surface area contributed by atoms with Gasteiger partial charge in [0, 0.05) is 59.2 Å². The monoisotopic (exact) mass is 1000 g/mol. The molecule has 1 heterocycles. The van der Waals surface area contributed by atoms with E-state index in [1.54, 1.807) is 14.2 Å². The zero-order valence-electron chi connectivity index (χ0n) is 40.0. The van der Waals surface area contributed by atoms with Crippen molar-refractivity contribution in [3.8, 4) is 23.0 Å². The quantitative estimate of drug-likeness (QED) is 0.0258. The molecule has 1 aliphatic heterocycles. The summed E-state index contributed by atoms with van der Waals surface area (Å²) in [5, 5.41) is -0.152. The summed E-state index contributed by atoms with van der Waals surface area (Å²) in [6, 6.07) is 27.4. The van der Waals surface area contributed by atoms with Crippen molar-refractivity contribution in [2.45, 2.75) is 46.1 Å². The first kappa shape index (κ1) is 52.3. The van der Waals surface area contributed by atoms with Gasteiger partial charge >= 0.3 is 5.97 Å². The minimum atomic E-state index is -1.77. The van der Waals surface area contributed by atoms with E-state index in [0.717, 1.165) is 59.6 Å². The molecule has 68 heavy (non-hydrogen) atoms. The average Bonchev–Trinajstić information content (AvgIpc) is 3.64. The van der Waals surface area contributed by atoms with Gasteiger partial charge in [0.25, 0.3) is 0 Å². The summed E-state index contributed by atoms with van der Waals surface area (Å²) < 4.78 is 41.8. The summed E-state index contributed by atoms with van der Waals surface area (Å²) >= 11 is 27.9. The molecule has 362 valence electrons. The molecule has 5 aromatic rings. The molecule has 0 amide bonds. The van der Waals surface area contributed by atoms with Crippen LogP contribution in [0.5, 0.6) is 23.0 Å². The van der Waals surface area contributed by atoms with Crippen LogP contribution in [-0.4, -0.2) is 87.0 Å². The molecule has 0 N–H and O–H groups in total. The largest absolute Gasteiger partial charge is 0.497 e. The van der Waals surface area contributed by atoms with E-state index in [2.05, 4.69) is 9.80 Å². The molecule has 6 rings (SSSR count). The first-order valence-corrected chi connectivity index (χ1v) is 24.3. The highest BCUT2D eigenvalue weighted by Crippen LogP contribution is 2.54. The Hall–Kier alpha value is -5.07. The predicted molar refractivity (Wildman–Crippen MR) is 278 cm³/mol. The highest BCUT2D eigenvalue weighted by molar-refractivity contribution is 6.53. The molecular formula is C54H60Cl4N2O8. The molecule has 0 atom stereocenters. The Labute approximate surface area is 421 Å². The molecule has 0 unspecified atom stereocenters. The molecular weight excluding hydrogens is 946 g/mol. The lowest BCUT2D eigenvalue weighted by molar-refractivity contribution is 0.0300. The van der Waals surface area contributed by atoms with Gasteiger partial charge in [-0.15, -0.1) is 0 Å². The highest BCUT2D eigenvalue weighted by Gasteiger charge is 2.48. The van der Waals surface area contributed by atoms with Crippen molar-refractivity contribution >= 4 is 74.9 Å². The Balaban J connectivity index is 1.69. The van der Waals surface area contributed by atoms with Gasteiger partial charge < -0.3 is 43.0 Å². The van der Waals surface area contributed by atoms with Gasteiger partial charge in [0.1, 0.15) is 23.0 Å². The van der Waals surface area contributed by atoms with Crippen LogP contribution in [-0.2, 0) is 19.8 Å². The van der Waals surface area contributed by atoms with Crippen molar-refractivity contribution in [3.63, 3.8) is 0 Å². The molecule has 0 bridgehead atoms. The maximum Gasteiger partial charge on any atom is 0.341 e. The van der Waals surface area contributed by atoms with Crippen molar-refractivity contribution < 1.29 is 38.0 Å². The Bertz CT molecular complexity index is 2450. The SMILES string of the molecule is CCOCCCN(C)c1ccc(C(=CC2(C=C(c3ccc(OC)cc3)c3ccc(N(C)CCCOCC)c(OCC)c3)OC(=O)c3c(Cl)c(Cl)c(Cl)c(Cl)c32)c2ccc(OC)cc2)cc1OCC. The van der Waals surface area contributed by atoms with E-state index < -0.39 is 11.6 Å². The first-order valence-electron chi connectivity index (χ1n) is 22.8. The van der Waals surface area contributed by atoms with Crippen molar-refractivity contribution in [2.75, 3.05) is 90.8 Å². The highest BCUT2D eigenvalue weighted by atomic mass is 35.5. The van der Waals surface area contributed by atoms with Crippen LogP contribution in [0.15, 0.2) is 97.1 Å². The van der Waals surface area contributed by atoms with Gasteiger partial charge in [0.15, 0.2) is 5.60 Å². The maximum atomic E-state index is 14.5. The number of methoxy groups -OCH3 is 2. The van der Waals surface area contributed by atoms with Crippen molar-refractivity contribution in [1.29, 1.82) is 0 Å². The summed E-state index contributed by atoms with van der Waals surface area (Å²) in [5.74, 6) is 1.91. The van der Waals surface area contributed by atoms with Gasteiger partial charge in [0.2, 0.25) is 0 Å². The number of hydrogen-bond acceptors (Lipinski definition) is 10. The van der Waals surface area contributed by atoms with E-state index in [9.17, 15) is 4.79 Å². The summed E-state index contributed by atoms with van der Waals surface area (Å²) in [4.78, 5) is 18.8. The second-order valence-corrected chi connectivity index (χ2v) is 17.4. The average molecular weight is 1010 g/mol. The number of carbonyl (C=O) groups excluding carboxylic acids is 1. The molecule has 5 aromatic carbocycles. The number of carbonyl (C=O) groups is 1. The van der Waals surface area contributed by atoms with E-state index >= 15 is 0 Å². The van der Waals surface area contributed by atoms with Crippen molar-refractivity contribution in [3.05, 3.63) is 151 Å². The number of anilines is 2. The number of hydrogen-bond donors (Lipinski definition) is 0. The lowest BCUT2D eigenvalue weighted by atomic mass is 9.83. The second-order valence-electron chi connectivity index (χ2n) is 15.9. The number of cyclic esters (lactones) is 1. The van der Waals surface area contributed by atoms with Crippen LogP contribution in [0.2, 0.25) is 20.1 Å². The smallest absolute Gasteiger partial charge is 0.341 e. The van der Waals surface area contributed by atoms with Gasteiger partial charge in [-0.3, -0.25) is 0 Å². The molecule has 10 nitrogen and oxygen atoms in total. The molecule has 0 saturated carbocycles. The van der Waals surface area contributed by atoms with E-state index in [0.29, 0.717) is 73.8 Å². The fourth-order valence-corrected chi connectivity index (χ4v) is 9.28. The third-order valence-corrected chi connectivity index (χ3v) is 13.4. The zero-order valence-corrected chi connectivity index (χ0v) is 43.0. The van der Waals surface area contributed by atoms with Crippen molar-refractivity contribution in [2.24, 2.45) is 0 Å². The molecule has 14 heteroatoms. The Morgan fingerprint density at radius 3 is 1.38 bits per heavy atom. The van der Waals surface area contributed by atoms with Gasteiger partial charge in [-0.05, 0) is 135 Å². The fourth-order valence-electron chi connectivity index (χ4n) is 8.20. The van der Waals surface area contributed by atoms with E-state index in [-0.39, 0.29) is 31.2 Å². The molecule has 0 aliphatic carbocycles. The van der Waals surface area contributed by atoms with Crippen LogP contribution in [0, 0.1) is 0 Å². The number of esters is 1. The van der Waals surface area contributed by atoms with Gasteiger partial charge in [-0.25, -0.2) is 4.79 Å². The number of rotatable bonds is 24.